The summed E-state index contributed by atoms with van der Waals surface area (Å²) in [5.74, 6) is 3.18. The smallest absolute Gasteiger partial charge is 0.263 e. The van der Waals surface area contributed by atoms with Crippen LogP contribution in [0.25, 0.3) is 0 Å². The second-order valence-electron chi connectivity index (χ2n) is 7.98. The Kier molecular flexibility index (Phi) is 5.57. The van der Waals surface area contributed by atoms with E-state index in [4.69, 9.17) is 14.5 Å². The lowest BCUT2D eigenvalue weighted by Crippen LogP contribution is -2.37. The van der Waals surface area contributed by atoms with Crippen molar-refractivity contribution in [2.24, 2.45) is 4.99 Å². The van der Waals surface area contributed by atoms with Gasteiger partial charge in [-0.3, -0.25) is 4.79 Å². The number of aliphatic imine (C=N–C) groups is 1. The Morgan fingerprint density at radius 2 is 1.97 bits per heavy atom. The van der Waals surface area contributed by atoms with Crippen LogP contribution in [-0.4, -0.2) is 54.8 Å². The fourth-order valence-electron chi connectivity index (χ4n) is 4.12. The van der Waals surface area contributed by atoms with Gasteiger partial charge in [-0.05, 0) is 54.6 Å². The first-order valence-corrected chi connectivity index (χ1v) is 11.6. The third-order valence-electron chi connectivity index (χ3n) is 5.81. The number of rotatable bonds is 2. The summed E-state index contributed by atoms with van der Waals surface area (Å²) < 4.78 is 11.7. The van der Waals surface area contributed by atoms with Crippen molar-refractivity contribution in [3.8, 4) is 17.2 Å². The molecule has 0 atom stereocenters. The number of amidine groups is 1. The van der Waals surface area contributed by atoms with Crippen LogP contribution in [0.3, 0.4) is 0 Å². The van der Waals surface area contributed by atoms with Gasteiger partial charge in [-0.2, -0.15) is 0 Å². The van der Waals surface area contributed by atoms with Crippen LogP contribution in [0.5, 0.6) is 17.2 Å². The third-order valence-corrected chi connectivity index (χ3v) is 6.66. The van der Waals surface area contributed by atoms with E-state index in [0.717, 1.165) is 64.3 Å². The second-order valence-corrected chi connectivity index (χ2v) is 8.93. The van der Waals surface area contributed by atoms with Crippen LogP contribution < -0.4 is 9.47 Å². The van der Waals surface area contributed by atoms with E-state index in [1.54, 1.807) is 7.11 Å². The van der Waals surface area contributed by atoms with Gasteiger partial charge in [-0.1, -0.05) is 12.1 Å². The minimum absolute atomic E-state index is 0.110. The number of methoxy groups -OCH3 is 1. The Bertz CT molecular complexity index is 1170. The zero-order valence-electron chi connectivity index (χ0n) is 18.2. The van der Waals surface area contributed by atoms with Gasteiger partial charge in [0.15, 0.2) is 5.75 Å². The first-order valence-electron chi connectivity index (χ1n) is 10.8. The predicted octanol–water partition coefficient (Wildman–Crippen LogP) is 5.10. The summed E-state index contributed by atoms with van der Waals surface area (Å²) in [6, 6.07) is 15.7. The summed E-state index contributed by atoms with van der Waals surface area (Å²) >= 11 is 1.49. The lowest BCUT2D eigenvalue weighted by Gasteiger charge is -2.25. The molecule has 1 amide bonds. The van der Waals surface area contributed by atoms with Crippen molar-refractivity contribution >= 4 is 28.8 Å². The van der Waals surface area contributed by atoms with Crippen molar-refractivity contribution in [2.45, 2.75) is 13.3 Å². The molecule has 0 radical (unpaired) electrons. The van der Waals surface area contributed by atoms with Gasteiger partial charge in [0.05, 0.1) is 17.6 Å². The quantitative estimate of drug-likeness (QED) is 0.549. The number of aryl methyl sites for hydroxylation is 1. The number of hydrogen-bond donors (Lipinski definition) is 0. The number of carbonyl (C=O) groups is 1. The summed E-state index contributed by atoms with van der Waals surface area (Å²) in [6.07, 6.45) is 0.878. The molecule has 3 heterocycles. The highest BCUT2D eigenvalue weighted by molar-refractivity contribution is 7.12. The van der Waals surface area contributed by atoms with Crippen molar-refractivity contribution in [1.29, 1.82) is 0 Å². The normalized spacial score (nSPS) is 15.6. The fraction of sp³-hybridized carbons (Fsp3) is 0.280. The largest absolute Gasteiger partial charge is 0.497 e. The van der Waals surface area contributed by atoms with Crippen molar-refractivity contribution in [3.05, 3.63) is 69.9 Å². The molecule has 0 bridgehead atoms. The monoisotopic (exact) mass is 447 g/mol. The average Bonchev–Trinajstić information content (AvgIpc) is 3.16. The molecule has 0 N–H and O–H groups in total. The van der Waals surface area contributed by atoms with Crippen molar-refractivity contribution < 1.29 is 14.3 Å². The Morgan fingerprint density at radius 3 is 2.78 bits per heavy atom. The van der Waals surface area contributed by atoms with Crippen LogP contribution in [0.2, 0.25) is 0 Å². The van der Waals surface area contributed by atoms with Gasteiger partial charge in [0.1, 0.15) is 23.0 Å². The number of fused-ring (bicyclic) bond motifs is 2. The molecule has 7 heteroatoms. The van der Waals surface area contributed by atoms with E-state index in [2.05, 4.69) is 4.90 Å². The number of nitrogens with zero attached hydrogens (tertiary/aromatic N) is 3. The predicted molar refractivity (Wildman–Crippen MR) is 127 cm³/mol. The van der Waals surface area contributed by atoms with Crippen LogP contribution in [-0.2, 0) is 0 Å². The molecule has 1 fully saturated rings. The fourth-order valence-corrected chi connectivity index (χ4v) is 4.81. The molecule has 2 aliphatic rings. The first kappa shape index (κ1) is 20.6. The standard InChI is InChI=1S/C25H25N3O3S/c1-17-6-9-20-22(15-17)31-21-16-18(30-2)7-8-19(21)24(26-20)27-10-4-11-28(13-12-27)25(29)23-5-3-14-32-23/h3,5-9,14-16H,4,10-13H2,1-2H3. The maximum Gasteiger partial charge on any atom is 0.263 e. The summed E-state index contributed by atoms with van der Waals surface area (Å²) in [5, 5.41) is 1.95. The van der Waals surface area contributed by atoms with Crippen LogP contribution >= 0.6 is 11.3 Å². The van der Waals surface area contributed by atoms with Gasteiger partial charge >= 0.3 is 0 Å². The van der Waals surface area contributed by atoms with Gasteiger partial charge in [0.25, 0.3) is 5.91 Å². The van der Waals surface area contributed by atoms with Gasteiger partial charge in [0, 0.05) is 32.2 Å². The van der Waals surface area contributed by atoms with Gasteiger partial charge in [-0.25, -0.2) is 4.99 Å². The minimum Gasteiger partial charge on any atom is -0.497 e. The molecular formula is C25H25N3O3S. The third kappa shape index (κ3) is 3.96. The van der Waals surface area contributed by atoms with Crippen LogP contribution in [0, 0.1) is 6.92 Å². The lowest BCUT2D eigenvalue weighted by molar-refractivity contribution is 0.0769. The Labute approximate surface area is 191 Å². The maximum absolute atomic E-state index is 12.9. The molecule has 164 valence electrons. The molecular weight excluding hydrogens is 422 g/mol. The van der Waals surface area contributed by atoms with E-state index in [0.29, 0.717) is 13.1 Å². The van der Waals surface area contributed by atoms with E-state index in [9.17, 15) is 4.79 Å². The molecule has 32 heavy (non-hydrogen) atoms. The van der Waals surface area contributed by atoms with Crippen molar-refractivity contribution in [1.82, 2.24) is 9.80 Å². The average molecular weight is 448 g/mol. The molecule has 1 aromatic heterocycles. The van der Waals surface area contributed by atoms with Crippen molar-refractivity contribution in [2.75, 3.05) is 33.3 Å². The van der Waals surface area contributed by atoms with Crippen LogP contribution in [0.15, 0.2) is 58.9 Å². The van der Waals surface area contributed by atoms with E-state index in [-0.39, 0.29) is 5.91 Å². The van der Waals surface area contributed by atoms with Gasteiger partial charge < -0.3 is 19.3 Å². The zero-order valence-corrected chi connectivity index (χ0v) is 19.0. The molecule has 0 unspecified atom stereocenters. The van der Waals surface area contributed by atoms with Gasteiger partial charge in [0.2, 0.25) is 0 Å². The summed E-state index contributed by atoms with van der Waals surface area (Å²) in [6.45, 7) is 4.97. The van der Waals surface area contributed by atoms with E-state index < -0.39 is 0 Å². The highest BCUT2D eigenvalue weighted by atomic mass is 32.1. The highest BCUT2D eigenvalue weighted by Crippen LogP contribution is 2.40. The second kappa shape index (κ2) is 8.67. The van der Waals surface area contributed by atoms with Crippen molar-refractivity contribution in [3.63, 3.8) is 0 Å². The Morgan fingerprint density at radius 1 is 1.06 bits per heavy atom. The first-order chi connectivity index (χ1) is 15.6. The zero-order chi connectivity index (χ0) is 22.1. The number of carbonyl (C=O) groups excluding carboxylic acids is 1. The molecule has 6 nitrogen and oxygen atoms in total. The SMILES string of the molecule is COc1ccc2c(c1)Oc1cc(C)ccc1N=C2N1CCCN(C(=O)c2cccs2)CC1. The summed E-state index contributed by atoms with van der Waals surface area (Å²) in [5.41, 5.74) is 2.85. The molecule has 2 aliphatic heterocycles. The maximum atomic E-state index is 12.9. The molecule has 0 spiro atoms. The number of benzene rings is 2. The molecule has 3 aromatic rings. The number of amides is 1. The molecule has 1 saturated heterocycles. The van der Waals surface area contributed by atoms with E-state index in [1.165, 1.54) is 11.3 Å². The molecule has 0 aliphatic carbocycles. The Balaban J connectivity index is 1.48. The Hall–Kier alpha value is -3.32. The lowest BCUT2D eigenvalue weighted by atomic mass is 10.1. The van der Waals surface area contributed by atoms with Crippen LogP contribution in [0.1, 0.15) is 27.2 Å². The molecule has 2 aromatic carbocycles. The summed E-state index contributed by atoms with van der Waals surface area (Å²) in [7, 11) is 1.65. The molecule has 0 saturated carbocycles. The molecule has 5 rings (SSSR count). The highest BCUT2D eigenvalue weighted by Gasteiger charge is 2.27. The van der Waals surface area contributed by atoms with E-state index in [1.807, 2.05) is 65.7 Å². The van der Waals surface area contributed by atoms with E-state index >= 15 is 0 Å². The number of thiophene rings is 1. The number of ether oxygens (including phenoxy) is 2. The topological polar surface area (TPSA) is 54.4 Å². The minimum atomic E-state index is 0.110. The van der Waals surface area contributed by atoms with Crippen LogP contribution in [0.4, 0.5) is 5.69 Å². The number of hydrogen-bond acceptors (Lipinski definition) is 6. The van der Waals surface area contributed by atoms with Gasteiger partial charge in [-0.15, -0.1) is 11.3 Å². The summed E-state index contributed by atoms with van der Waals surface area (Å²) in [4.78, 5) is 22.9.